The molecule has 1 fully saturated rings. The van der Waals surface area contributed by atoms with Crippen LogP contribution in [0.25, 0.3) is 0 Å². The summed E-state index contributed by atoms with van der Waals surface area (Å²) >= 11 is 0. The van der Waals surface area contributed by atoms with Crippen molar-refractivity contribution < 1.29 is 9.53 Å². The van der Waals surface area contributed by atoms with Crippen LogP contribution in [0, 0.1) is 0 Å². The van der Waals surface area contributed by atoms with Crippen molar-refractivity contribution in [3.05, 3.63) is 132 Å². The molecule has 0 saturated carbocycles. The summed E-state index contributed by atoms with van der Waals surface area (Å²) in [7, 11) is -0.675. The molecule has 4 heteroatoms. The Kier molecular flexibility index (Phi) is 7.68. The highest BCUT2D eigenvalue weighted by atomic mass is 31.1. The Bertz CT molecular complexity index is 1240. The third kappa shape index (κ3) is 5.69. The molecule has 1 aliphatic rings. The van der Waals surface area contributed by atoms with E-state index in [9.17, 15) is 4.79 Å². The summed E-state index contributed by atoms with van der Waals surface area (Å²) < 4.78 is 6.00. The molecule has 4 aromatic carbocycles. The van der Waals surface area contributed by atoms with Crippen LogP contribution in [-0.2, 0) is 10.2 Å². The standard InChI is InChI=1S/C34H36NO2P/c1-33(2,3)37-32(36)35-26-34(27-16-8-4-9-17-27,28-18-10-5-11-19-28)24-29(35)25-38(30-20-12-6-13-21-30)31-22-14-7-15-23-31/h4-23,29H,24-26H2,1-3H3. The third-order valence-corrected chi connectivity index (χ3v) is 9.90. The number of hydrogen-bond acceptors (Lipinski definition) is 2. The van der Waals surface area contributed by atoms with Crippen LogP contribution in [0.3, 0.4) is 0 Å². The van der Waals surface area contributed by atoms with E-state index < -0.39 is 13.5 Å². The van der Waals surface area contributed by atoms with E-state index in [4.69, 9.17) is 4.74 Å². The van der Waals surface area contributed by atoms with E-state index in [0.717, 1.165) is 12.6 Å². The van der Waals surface area contributed by atoms with Crippen molar-refractivity contribution in [1.82, 2.24) is 4.90 Å². The molecule has 1 unspecified atom stereocenters. The molecular weight excluding hydrogens is 485 g/mol. The van der Waals surface area contributed by atoms with Gasteiger partial charge in [0, 0.05) is 18.0 Å². The fourth-order valence-electron chi connectivity index (χ4n) is 5.58. The second-order valence-corrected chi connectivity index (χ2v) is 13.3. The average molecular weight is 522 g/mol. The lowest BCUT2D eigenvalue weighted by Gasteiger charge is -2.32. The van der Waals surface area contributed by atoms with Crippen molar-refractivity contribution in [2.75, 3.05) is 12.7 Å². The van der Waals surface area contributed by atoms with Gasteiger partial charge in [0.25, 0.3) is 0 Å². The first-order valence-corrected chi connectivity index (χ1v) is 14.9. The van der Waals surface area contributed by atoms with Crippen LogP contribution in [0.15, 0.2) is 121 Å². The van der Waals surface area contributed by atoms with Crippen LogP contribution in [0.4, 0.5) is 4.79 Å². The van der Waals surface area contributed by atoms with Gasteiger partial charge in [0.15, 0.2) is 0 Å². The normalized spacial score (nSPS) is 16.9. The lowest BCUT2D eigenvalue weighted by atomic mass is 9.73. The number of amides is 1. The van der Waals surface area contributed by atoms with E-state index in [-0.39, 0.29) is 17.6 Å². The minimum atomic E-state index is -0.675. The van der Waals surface area contributed by atoms with Gasteiger partial charge in [0.2, 0.25) is 0 Å². The summed E-state index contributed by atoms with van der Waals surface area (Å²) in [5.41, 5.74) is 1.62. The Hall–Kier alpha value is -3.42. The number of carbonyl (C=O) groups excluding carboxylic acids is 1. The molecular formula is C34H36NO2P. The zero-order valence-electron chi connectivity index (χ0n) is 22.5. The number of benzene rings is 4. The first kappa shape index (κ1) is 26.2. The van der Waals surface area contributed by atoms with E-state index in [0.29, 0.717) is 6.54 Å². The van der Waals surface area contributed by atoms with E-state index in [2.05, 4.69) is 121 Å². The van der Waals surface area contributed by atoms with Gasteiger partial charge in [-0.2, -0.15) is 0 Å². The molecule has 3 nitrogen and oxygen atoms in total. The third-order valence-electron chi connectivity index (χ3n) is 7.27. The van der Waals surface area contributed by atoms with Crippen LogP contribution in [0.5, 0.6) is 0 Å². The van der Waals surface area contributed by atoms with Crippen molar-refractivity contribution >= 4 is 24.6 Å². The summed E-state index contributed by atoms with van der Waals surface area (Å²) in [6.07, 6.45) is 1.50. The Morgan fingerprint density at radius 3 is 1.61 bits per heavy atom. The molecule has 1 heterocycles. The van der Waals surface area contributed by atoms with Crippen molar-refractivity contribution in [3.8, 4) is 0 Å². The fourth-order valence-corrected chi connectivity index (χ4v) is 8.11. The minimum Gasteiger partial charge on any atom is -0.444 e. The lowest BCUT2D eigenvalue weighted by Crippen LogP contribution is -2.42. The van der Waals surface area contributed by atoms with Gasteiger partial charge in [-0.15, -0.1) is 0 Å². The van der Waals surface area contributed by atoms with Gasteiger partial charge in [-0.1, -0.05) is 121 Å². The molecule has 0 N–H and O–H groups in total. The maximum Gasteiger partial charge on any atom is 0.410 e. The molecule has 1 amide bonds. The highest BCUT2D eigenvalue weighted by molar-refractivity contribution is 7.73. The zero-order valence-corrected chi connectivity index (χ0v) is 23.4. The van der Waals surface area contributed by atoms with Gasteiger partial charge >= 0.3 is 6.09 Å². The average Bonchev–Trinajstić information content (AvgIpc) is 3.34. The lowest BCUT2D eigenvalue weighted by molar-refractivity contribution is 0.0235. The van der Waals surface area contributed by atoms with Gasteiger partial charge in [0.05, 0.1) is 0 Å². The van der Waals surface area contributed by atoms with E-state index in [1.54, 1.807) is 0 Å². The predicted octanol–water partition coefficient (Wildman–Crippen LogP) is 7.12. The van der Waals surface area contributed by atoms with Gasteiger partial charge in [-0.3, -0.25) is 0 Å². The molecule has 0 bridgehead atoms. The van der Waals surface area contributed by atoms with Crippen molar-refractivity contribution in [1.29, 1.82) is 0 Å². The Balaban J connectivity index is 1.60. The zero-order chi connectivity index (χ0) is 26.6. The molecule has 1 saturated heterocycles. The number of nitrogens with zero attached hydrogens (tertiary/aromatic N) is 1. The minimum absolute atomic E-state index is 0.0248. The summed E-state index contributed by atoms with van der Waals surface area (Å²) in [6.45, 7) is 6.42. The Labute approximate surface area is 228 Å². The molecule has 5 rings (SSSR count). The van der Waals surface area contributed by atoms with Gasteiger partial charge in [0.1, 0.15) is 5.60 Å². The maximum absolute atomic E-state index is 13.8. The molecule has 0 aromatic heterocycles. The fraction of sp³-hybridized carbons (Fsp3) is 0.265. The molecule has 194 valence electrons. The van der Waals surface area contributed by atoms with Gasteiger partial charge in [-0.05, 0) is 63.0 Å². The monoisotopic (exact) mass is 521 g/mol. The Morgan fingerprint density at radius 2 is 1.18 bits per heavy atom. The molecule has 0 radical (unpaired) electrons. The van der Waals surface area contributed by atoms with Crippen molar-refractivity contribution in [3.63, 3.8) is 0 Å². The smallest absolute Gasteiger partial charge is 0.410 e. The van der Waals surface area contributed by atoms with E-state index in [1.807, 2.05) is 25.7 Å². The summed E-state index contributed by atoms with van der Waals surface area (Å²) in [4.78, 5) is 15.8. The summed E-state index contributed by atoms with van der Waals surface area (Å²) in [5, 5.41) is 2.66. The number of carbonyl (C=O) groups is 1. The molecule has 1 atom stereocenters. The highest BCUT2D eigenvalue weighted by Gasteiger charge is 2.49. The number of likely N-dealkylation sites (tertiary alicyclic amines) is 1. The van der Waals surface area contributed by atoms with E-state index in [1.165, 1.54) is 21.7 Å². The summed E-state index contributed by atoms with van der Waals surface area (Å²) in [5.74, 6) is 0. The topological polar surface area (TPSA) is 29.5 Å². The maximum atomic E-state index is 13.8. The number of rotatable bonds is 6. The quantitative estimate of drug-likeness (QED) is 0.253. The van der Waals surface area contributed by atoms with Crippen molar-refractivity contribution in [2.45, 2.75) is 44.2 Å². The summed E-state index contributed by atoms with van der Waals surface area (Å²) in [6, 6.07) is 42.9. The van der Waals surface area contributed by atoms with Crippen LogP contribution >= 0.6 is 7.92 Å². The molecule has 4 aromatic rings. The second kappa shape index (κ2) is 11.1. The highest BCUT2D eigenvalue weighted by Crippen LogP contribution is 2.47. The van der Waals surface area contributed by atoms with Crippen molar-refractivity contribution in [2.24, 2.45) is 0 Å². The van der Waals surface area contributed by atoms with Gasteiger partial charge in [-0.25, -0.2) is 4.79 Å². The van der Waals surface area contributed by atoms with Crippen LogP contribution in [-0.4, -0.2) is 35.3 Å². The predicted molar refractivity (Wildman–Crippen MR) is 159 cm³/mol. The largest absolute Gasteiger partial charge is 0.444 e. The number of hydrogen-bond donors (Lipinski definition) is 0. The molecule has 1 aliphatic heterocycles. The SMILES string of the molecule is CC(C)(C)OC(=O)N1CC(c2ccccc2)(c2ccccc2)CC1CP(c1ccccc1)c1ccccc1. The first-order chi connectivity index (χ1) is 18.4. The molecule has 38 heavy (non-hydrogen) atoms. The molecule has 0 aliphatic carbocycles. The molecule has 0 spiro atoms. The number of ether oxygens (including phenoxy) is 1. The first-order valence-electron chi connectivity index (χ1n) is 13.3. The Morgan fingerprint density at radius 1 is 0.763 bits per heavy atom. The van der Waals surface area contributed by atoms with E-state index >= 15 is 0 Å². The van der Waals surface area contributed by atoms with Crippen LogP contribution in [0.2, 0.25) is 0 Å². The van der Waals surface area contributed by atoms with Crippen LogP contribution < -0.4 is 10.6 Å². The van der Waals surface area contributed by atoms with Gasteiger partial charge < -0.3 is 9.64 Å². The second-order valence-electron chi connectivity index (χ2n) is 11.1. The van der Waals surface area contributed by atoms with Crippen LogP contribution in [0.1, 0.15) is 38.3 Å².